The van der Waals surface area contributed by atoms with Gasteiger partial charge in [-0.2, -0.15) is 5.10 Å². The first kappa shape index (κ1) is 14.3. The molecule has 4 nitrogen and oxygen atoms in total. The van der Waals surface area contributed by atoms with Crippen LogP contribution in [0.4, 0.5) is 0 Å². The molecule has 4 heteroatoms. The smallest absolute Gasteiger partial charge is 0.221 e. The van der Waals surface area contributed by atoms with Crippen molar-refractivity contribution < 1.29 is 4.79 Å². The zero-order valence-corrected chi connectivity index (χ0v) is 12.5. The van der Waals surface area contributed by atoms with Gasteiger partial charge in [-0.1, -0.05) is 18.2 Å². The van der Waals surface area contributed by atoms with Gasteiger partial charge in [-0.25, -0.2) is 0 Å². The van der Waals surface area contributed by atoms with Gasteiger partial charge < -0.3 is 5.32 Å². The summed E-state index contributed by atoms with van der Waals surface area (Å²) in [6.45, 7) is 6.84. The van der Waals surface area contributed by atoms with E-state index in [0.717, 1.165) is 11.3 Å². The molecule has 0 radical (unpaired) electrons. The van der Waals surface area contributed by atoms with Gasteiger partial charge in [0.2, 0.25) is 5.91 Å². The Morgan fingerprint density at radius 2 is 1.90 bits per heavy atom. The number of nitrogens with zero attached hydrogens (tertiary/aromatic N) is 2. The van der Waals surface area contributed by atoms with E-state index in [1.54, 1.807) is 7.05 Å². The lowest BCUT2D eigenvalue weighted by Crippen LogP contribution is -2.19. The standard InChI is InChI=1S/C16H21N3O/c1-11-6-5-7-12(2)16(11)14-10-19(18-13(14)3)9-8-15(20)17-4/h5-7,10H,8-9H2,1-4H3,(H,17,20). The summed E-state index contributed by atoms with van der Waals surface area (Å²) in [5, 5.41) is 7.14. The minimum Gasteiger partial charge on any atom is -0.359 e. The van der Waals surface area contributed by atoms with Gasteiger partial charge in [-0.3, -0.25) is 9.48 Å². The first-order valence-corrected chi connectivity index (χ1v) is 6.84. The highest BCUT2D eigenvalue weighted by molar-refractivity contribution is 5.75. The third kappa shape index (κ3) is 2.90. The molecule has 1 N–H and O–H groups in total. The van der Waals surface area contributed by atoms with E-state index in [0.29, 0.717) is 13.0 Å². The van der Waals surface area contributed by atoms with Crippen LogP contribution in [0.25, 0.3) is 11.1 Å². The van der Waals surface area contributed by atoms with E-state index in [9.17, 15) is 4.79 Å². The van der Waals surface area contributed by atoms with Crippen molar-refractivity contribution in [2.24, 2.45) is 0 Å². The Morgan fingerprint density at radius 1 is 1.25 bits per heavy atom. The number of aryl methyl sites for hydroxylation is 4. The predicted octanol–water partition coefficient (Wildman–Crippen LogP) is 2.61. The highest BCUT2D eigenvalue weighted by Crippen LogP contribution is 2.29. The quantitative estimate of drug-likeness (QED) is 0.929. The summed E-state index contributed by atoms with van der Waals surface area (Å²) >= 11 is 0. The van der Waals surface area contributed by atoms with Crippen LogP contribution >= 0.6 is 0 Å². The molecule has 0 bridgehead atoms. The Hall–Kier alpha value is -2.10. The lowest BCUT2D eigenvalue weighted by molar-refractivity contribution is -0.120. The van der Waals surface area contributed by atoms with Crippen LogP contribution in [-0.4, -0.2) is 22.7 Å². The Balaban J connectivity index is 2.30. The monoisotopic (exact) mass is 271 g/mol. The fourth-order valence-electron chi connectivity index (χ4n) is 2.46. The second-order valence-corrected chi connectivity index (χ2v) is 5.08. The van der Waals surface area contributed by atoms with E-state index in [-0.39, 0.29) is 5.91 Å². The third-order valence-corrected chi connectivity index (χ3v) is 3.54. The molecule has 2 rings (SSSR count). The van der Waals surface area contributed by atoms with Crippen LogP contribution in [-0.2, 0) is 11.3 Å². The van der Waals surface area contributed by atoms with E-state index < -0.39 is 0 Å². The molecule has 0 aliphatic rings. The first-order chi connectivity index (χ1) is 9.52. The number of nitrogens with one attached hydrogen (secondary N) is 1. The van der Waals surface area contributed by atoms with E-state index >= 15 is 0 Å². The van der Waals surface area contributed by atoms with Crippen LogP contribution < -0.4 is 5.32 Å². The van der Waals surface area contributed by atoms with E-state index in [4.69, 9.17) is 0 Å². The summed E-state index contributed by atoms with van der Waals surface area (Å²) in [7, 11) is 1.65. The molecular formula is C16H21N3O. The van der Waals surface area contributed by atoms with Crippen LogP contribution in [0, 0.1) is 20.8 Å². The summed E-state index contributed by atoms with van der Waals surface area (Å²) in [6, 6.07) is 6.30. The van der Waals surface area contributed by atoms with Gasteiger partial charge in [0, 0.05) is 31.8 Å². The zero-order chi connectivity index (χ0) is 14.7. The van der Waals surface area contributed by atoms with Crippen LogP contribution in [0.1, 0.15) is 23.2 Å². The van der Waals surface area contributed by atoms with Gasteiger partial charge in [0.25, 0.3) is 0 Å². The summed E-state index contributed by atoms with van der Waals surface area (Å²) in [4.78, 5) is 11.3. The molecule has 106 valence electrons. The summed E-state index contributed by atoms with van der Waals surface area (Å²) in [6.07, 6.45) is 2.48. The van der Waals surface area contributed by atoms with Crippen LogP contribution in [0.15, 0.2) is 24.4 Å². The lowest BCUT2D eigenvalue weighted by Gasteiger charge is -2.08. The molecule has 0 aliphatic heterocycles. The van der Waals surface area contributed by atoms with Gasteiger partial charge in [0.15, 0.2) is 0 Å². The third-order valence-electron chi connectivity index (χ3n) is 3.54. The molecule has 20 heavy (non-hydrogen) atoms. The molecule has 2 aromatic rings. The number of amides is 1. The van der Waals surface area contributed by atoms with E-state index in [1.165, 1.54) is 16.7 Å². The molecule has 1 heterocycles. The van der Waals surface area contributed by atoms with Gasteiger partial charge in [-0.05, 0) is 37.5 Å². The Morgan fingerprint density at radius 3 is 2.50 bits per heavy atom. The molecule has 0 aliphatic carbocycles. The summed E-state index contributed by atoms with van der Waals surface area (Å²) < 4.78 is 1.85. The van der Waals surface area contributed by atoms with Crippen molar-refractivity contribution in [3.05, 3.63) is 41.2 Å². The molecule has 0 atom stereocenters. The summed E-state index contributed by atoms with van der Waals surface area (Å²) in [5.74, 6) is 0.0341. The van der Waals surface area contributed by atoms with Crippen molar-refractivity contribution in [3.8, 4) is 11.1 Å². The fourth-order valence-corrected chi connectivity index (χ4v) is 2.46. The molecular weight excluding hydrogens is 250 g/mol. The van der Waals surface area contributed by atoms with Crippen molar-refractivity contribution in [1.82, 2.24) is 15.1 Å². The van der Waals surface area contributed by atoms with Gasteiger partial charge in [0.1, 0.15) is 0 Å². The lowest BCUT2D eigenvalue weighted by atomic mass is 9.96. The van der Waals surface area contributed by atoms with Crippen molar-refractivity contribution in [3.63, 3.8) is 0 Å². The van der Waals surface area contributed by atoms with Crippen molar-refractivity contribution in [2.75, 3.05) is 7.05 Å². The number of hydrogen-bond donors (Lipinski definition) is 1. The number of benzene rings is 1. The Bertz CT molecular complexity index is 608. The molecule has 0 spiro atoms. The number of aromatic nitrogens is 2. The maximum absolute atomic E-state index is 11.3. The fraction of sp³-hybridized carbons (Fsp3) is 0.375. The second kappa shape index (κ2) is 5.90. The van der Waals surface area contributed by atoms with Crippen molar-refractivity contribution in [1.29, 1.82) is 0 Å². The van der Waals surface area contributed by atoms with Gasteiger partial charge >= 0.3 is 0 Å². The summed E-state index contributed by atoms with van der Waals surface area (Å²) in [5.41, 5.74) is 5.89. The van der Waals surface area contributed by atoms with Crippen molar-refractivity contribution in [2.45, 2.75) is 33.7 Å². The molecule has 1 amide bonds. The van der Waals surface area contributed by atoms with Crippen LogP contribution in [0.3, 0.4) is 0 Å². The Kier molecular flexibility index (Phi) is 4.23. The predicted molar refractivity (Wildman–Crippen MR) is 80.6 cm³/mol. The number of carbonyl (C=O) groups excluding carboxylic acids is 1. The van der Waals surface area contributed by atoms with Gasteiger partial charge in [0.05, 0.1) is 5.69 Å². The zero-order valence-electron chi connectivity index (χ0n) is 12.5. The SMILES string of the molecule is CNC(=O)CCn1cc(-c2c(C)cccc2C)c(C)n1. The van der Waals surface area contributed by atoms with Gasteiger partial charge in [-0.15, -0.1) is 0 Å². The molecule has 1 aromatic heterocycles. The van der Waals surface area contributed by atoms with Crippen molar-refractivity contribution >= 4 is 5.91 Å². The number of carbonyl (C=O) groups is 1. The van der Waals surface area contributed by atoms with E-state index in [2.05, 4.69) is 42.5 Å². The molecule has 0 saturated heterocycles. The molecule has 0 saturated carbocycles. The topological polar surface area (TPSA) is 46.9 Å². The molecule has 1 aromatic carbocycles. The minimum absolute atomic E-state index is 0.0341. The maximum Gasteiger partial charge on any atom is 0.221 e. The average Bonchev–Trinajstić information content (AvgIpc) is 2.77. The normalized spacial score (nSPS) is 10.6. The first-order valence-electron chi connectivity index (χ1n) is 6.84. The largest absolute Gasteiger partial charge is 0.359 e. The minimum atomic E-state index is 0.0341. The Labute approximate surface area is 119 Å². The molecule has 0 unspecified atom stereocenters. The number of rotatable bonds is 4. The van der Waals surface area contributed by atoms with E-state index in [1.807, 2.05) is 17.8 Å². The van der Waals surface area contributed by atoms with Crippen LogP contribution in [0.5, 0.6) is 0 Å². The maximum atomic E-state index is 11.3. The van der Waals surface area contributed by atoms with Crippen LogP contribution in [0.2, 0.25) is 0 Å². The highest BCUT2D eigenvalue weighted by atomic mass is 16.1. The number of hydrogen-bond acceptors (Lipinski definition) is 2. The molecule has 0 fully saturated rings. The average molecular weight is 271 g/mol. The highest BCUT2D eigenvalue weighted by Gasteiger charge is 2.12. The second-order valence-electron chi connectivity index (χ2n) is 5.08.